The summed E-state index contributed by atoms with van der Waals surface area (Å²) < 4.78 is 37.5. The second kappa shape index (κ2) is 5.77. The molecule has 1 atom stereocenters. The van der Waals surface area contributed by atoms with E-state index in [1.165, 1.54) is 0 Å². The van der Waals surface area contributed by atoms with Crippen molar-refractivity contribution in [3.63, 3.8) is 0 Å². The first-order chi connectivity index (χ1) is 8.97. The van der Waals surface area contributed by atoms with Gasteiger partial charge in [-0.2, -0.15) is 13.2 Å². The summed E-state index contributed by atoms with van der Waals surface area (Å²) in [4.78, 5) is 18.9. The van der Waals surface area contributed by atoms with Gasteiger partial charge in [-0.25, -0.2) is 9.97 Å². The molecule has 4 nitrogen and oxygen atoms in total. The lowest BCUT2D eigenvalue weighted by molar-refractivity contribution is -0.141. The van der Waals surface area contributed by atoms with Crippen LogP contribution in [0.4, 0.5) is 13.2 Å². The third-order valence-corrected chi connectivity index (χ3v) is 3.80. The van der Waals surface area contributed by atoms with Gasteiger partial charge in [-0.3, -0.25) is 4.79 Å². The molecule has 1 aromatic rings. The number of thioether (sulfide) groups is 1. The maximum absolute atomic E-state index is 12.5. The predicted molar refractivity (Wildman–Crippen MR) is 63.5 cm³/mol. The zero-order valence-corrected chi connectivity index (χ0v) is 10.7. The number of carbonyl (C=O) groups is 1. The van der Waals surface area contributed by atoms with Gasteiger partial charge in [0.05, 0.1) is 5.25 Å². The van der Waals surface area contributed by atoms with E-state index in [0.717, 1.165) is 36.9 Å². The second-order valence-electron chi connectivity index (χ2n) is 4.12. The Morgan fingerprint density at radius 2 is 2.16 bits per heavy atom. The van der Waals surface area contributed by atoms with Crippen LogP contribution in [0.5, 0.6) is 0 Å². The lowest BCUT2D eigenvalue weighted by Crippen LogP contribution is -2.30. The summed E-state index contributed by atoms with van der Waals surface area (Å²) in [5.74, 6) is -0.163. The molecule has 1 N–H and O–H groups in total. The fourth-order valence-electron chi connectivity index (χ4n) is 1.71. The van der Waals surface area contributed by atoms with E-state index in [9.17, 15) is 18.0 Å². The summed E-state index contributed by atoms with van der Waals surface area (Å²) in [6.07, 6.45) is -1.07. The van der Waals surface area contributed by atoms with Crippen LogP contribution in [0.2, 0.25) is 0 Å². The molecular weight excluding hydrogens is 279 g/mol. The first-order valence-corrected chi connectivity index (χ1v) is 6.69. The van der Waals surface area contributed by atoms with Crippen LogP contribution in [0.25, 0.3) is 0 Å². The maximum Gasteiger partial charge on any atom is 0.433 e. The number of rotatable bonds is 2. The molecule has 1 fully saturated rings. The van der Waals surface area contributed by atoms with Crippen LogP contribution in [0.15, 0.2) is 17.4 Å². The predicted octanol–water partition coefficient (Wildman–Crippen LogP) is 2.26. The largest absolute Gasteiger partial charge is 0.433 e. The van der Waals surface area contributed by atoms with Crippen LogP contribution in [0.3, 0.4) is 0 Å². The van der Waals surface area contributed by atoms with E-state index in [1.807, 2.05) is 0 Å². The molecule has 0 unspecified atom stereocenters. The minimum absolute atomic E-state index is 0.0168. The molecule has 2 rings (SSSR count). The van der Waals surface area contributed by atoms with E-state index >= 15 is 0 Å². The van der Waals surface area contributed by atoms with Crippen LogP contribution in [-0.4, -0.2) is 27.7 Å². The molecule has 0 saturated carbocycles. The summed E-state index contributed by atoms with van der Waals surface area (Å²) >= 11 is 0.982. The van der Waals surface area contributed by atoms with E-state index in [4.69, 9.17) is 0 Å². The van der Waals surface area contributed by atoms with Gasteiger partial charge in [0.15, 0.2) is 5.16 Å². The highest BCUT2D eigenvalue weighted by atomic mass is 32.2. The summed E-state index contributed by atoms with van der Waals surface area (Å²) in [6.45, 7) is 0.610. The third-order valence-electron chi connectivity index (χ3n) is 2.66. The highest BCUT2D eigenvalue weighted by Gasteiger charge is 2.33. The average Bonchev–Trinajstić information content (AvgIpc) is 2.54. The number of halogens is 3. The molecule has 1 amide bonds. The van der Waals surface area contributed by atoms with Crippen molar-refractivity contribution >= 4 is 17.7 Å². The van der Waals surface area contributed by atoms with Crippen LogP contribution in [0, 0.1) is 0 Å². The molecule has 1 saturated heterocycles. The molecule has 1 aliphatic rings. The van der Waals surface area contributed by atoms with E-state index in [-0.39, 0.29) is 11.1 Å². The zero-order chi connectivity index (χ0) is 13.9. The Morgan fingerprint density at radius 1 is 1.37 bits per heavy atom. The molecule has 104 valence electrons. The summed E-state index contributed by atoms with van der Waals surface area (Å²) in [6, 6.07) is 0.817. The number of amides is 1. The lowest BCUT2D eigenvalue weighted by Gasteiger charge is -2.12. The van der Waals surface area contributed by atoms with Gasteiger partial charge >= 0.3 is 6.18 Å². The fraction of sp³-hybridized carbons (Fsp3) is 0.545. The van der Waals surface area contributed by atoms with Gasteiger partial charge in [-0.15, -0.1) is 0 Å². The van der Waals surface area contributed by atoms with Crippen LogP contribution in [0.1, 0.15) is 25.0 Å². The van der Waals surface area contributed by atoms with Gasteiger partial charge < -0.3 is 5.32 Å². The molecule has 8 heteroatoms. The topological polar surface area (TPSA) is 54.9 Å². The van der Waals surface area contributed by atoms with Crippen molar-refractivity contribution in [3.8, 4) is 0 Å². The Labute approximate surface area is 112 Å². The van der Waals surface area contributed by atoms with Crippen molar-refractivity contribution in [3.05, 3.63) is 18.0 Å². The molecular formula is C11H12F3N3OS. The van der Waals surface area contributed by atoms with Gasteiger partial charge in [0.25, 0.3) is 0 Å². The number of carbonyl (C=O) groups excluding carboxylic acids is 1. The number of alkyl halides is 3. The molecule has 19 heavy (non-hydrogen) atoms. The summed E-state index contributed by atoms with van der Waals surface area (Å²) in [5.41, 5.74) is -0.987. The lowest BCUT2D eigenvalue weighted by atomic mass is 10.2. The normalized spacial score (nSPS) is 20.8. The molecule has 0 aliphatic carbocycles. The molecule has 0 radical (unpaired) electrons. The van der Waals surface area contributed by atoms with E-state index in [2.05, 4.69) is 15.3 Å². The summed E-state index contributed by atoms with van der Waals surface area (Å²) in [5, 5.41) is 2.28. The summed E-state index contributed by atoms with van der Waals surface area (Å²) in [7, 11) is 0. The Morgan fingerprint density at radius 3 is 2.89 bits per heavy atom. The Balaban J connectivity index is 2.12. The van der Waals surface area contributed by atoms with Gasteiger partial charge in [0, 0.05) is 12.7 Å². The zero-order valence-electron chi connectivity index (χ0n) is 9.91. The SMILES string of the molecule is O=C1NCCCC[C@H]1Sc1nccc(C(F)(F)F)n1. The van der Waals surface area contributed by atoms with Crippen molar-refractivity contribution in [1.29, 1.82) is 0 Å². The number of nitrogens with zero attached hydrogens (tertiary/aromatic N) is 2. The Kier molecular flexibility index (Phi) is 4.28. The molecule has 2 heterocycles. The number of aromatic nitrogens is 2. The van der Waals surface area contributed by atoms with E-state index < -0.39 is 17.1 Å². The fourth-order valence-corrected chi connectivity index (χ4v) is 2.71. The van der Waals surface area contributed by atoms with Crippen molar-refractivity contribution in [2.45, 2.75) is 35.8 Å². The highest BCUT2D eigenvalue weighted by molar-refractivity contribution is 8.00. The molecule has 0 bridgehead atoms. The van der Waals surface area contributed by atoms with Crippen LogP contribution >= 0.6 is 11.8 Å². The number of hydrogen-bond acceptors (Lipinski definition) is 4. The van der Waals surface area contributed by atoms with Gasteiger partial charge in [0.1, 0.15) is 5.69 Å². The number of hydrogen-bond donors (Lipinski definition) is 1. The Bertz CT molecular complexity index is 467. The average molecular weight is 291 g/mol. The van der Waals surface area contributed by atoms with Crippen LogP contribution in [-0.2, 0) is 11.0 Å². The van der Waals surface area contributed by atoms with Crippen molar-refractivity contribution in [2.24, 2.45) is 0 Å². The van der Waals surface area contributed by atoms with E-state index in [1.54, 1.807) is 0 Å². The molecule has 0 spiro atoms. The van der Waals surface area contributed by atoms with Crippen molar-refractivity contribution < 1.29 is 18.0 Å². The first-order valence-electron chi connectivity index (χ1n) is 5.81. The molecule has 1 aliphatic heterocycles. The molecule has 1 aromatic heterocycles. The first kappa shape index (κ1) is 14.1. The van der Waals surface area contributed by atoms with Crippen molar-refractivity contribution in [1.82, 2.24) is 15.3 Å². The minimum Gasteiger partial charge on any atom is -0.355 e. The third kappa shape index (κ3) is 3.82. The number of nitrogens with one attached hydrogen (secondary N) is 1. The standard InChI is InChI=1S/C11H12F3N3OS/c12-11(13,14)8-4-6-16-10(17-8)19-7-3-1-2-5-15-9(7)18/h4,6-7H,1-3,5H2,(H,15,18)/t7-/m1/s1. The molecule has 0 aromatic carbocycles. The second-order valence-corrected chi connectivity index (χ2v) is 5.29. The highest BCUT2D eigenvalue weighted by Crippen LogP contribution is 2.30. The van der Waals surface area contributed by atoms with Gasteiger partial charge in [0.2, 0.25) is 5.91 Å². The quantitative estimate of drug-likeness (QED) is 0.849. The minimum atomic E-state index is -4.50. The monoisotopic (exact) mass is 291 g/mol. The van der Waals surface area contributed by atoms with Gasteiger partial charge in [-0.05, 0) is 18.9 Å². The van der Waals surface area contributed by atoms with Crippen LogP contribution < -0.4 is 5.32 Å². The maximum atomic E-state index is 12.5. The smallest absolute Gasteiger partial charge is 0.355 e. The van der Waals surface area contributed by atoms with Gasteiger partial charge in [-0.1, -0.05) is 18.2 Å². The van der Waals surface area contributed by atoms with Crippen molar-refractivity contribution in [2.75, 3.05) is 6.54 Å². The Hall–Kier alpha value is -1.31. The van der Waals surface area contributed by atoms with E-state index in [0.29, 0.717) is 13.0 Å².